The zero-order valence-corrected chi connectivity index (χ0v) is 17.3. The number of likely N-dealkylation sites (tertiary alicyclic amines) is 1. The average Bonchev–Trinajstić information content (AvgIpc) is 3.40. The number of hydrogen-bond donors (Lipinski definition) is 2. The van der Waals surface area contributed by atoms with Crippen molar-refractivity contribution in [3.05, 3.63) is 69.9 Å². The first-order valence-electron chi connectivity index (χ1n) is 10.3. The third-order valence-electron chi connectivity index (χ3n) is 7.12. The van der Waals surface area contributed by atoms with Gasteiger partial charge in [0, 0.05) is 29.4 Å². The summed E-state index contributed by atoms with van der Waals surface area (Å²) in [5.74, 6) is -0.655. The summed E-state index contributed by atoms with van der Waals surface area (Å²) >= 11 is 0. The molecule has 3 aliphatic heterocycles. The molecular formula is C22H21FN6O3. The summed E-state index contributed by atoms with van der Waals surface area (Å²) in [4.78, 5) is 30.9. The third-order valence-corrected chi connectivity index (χ3v) is 7.12. The summed E-state index contributed by atoms with van der Waals surface area (Å²) < 4.78 is 19.1. The van der Waals surface area contributed by atoms with Gasteiger partial charge < -0.3 is 15.4 Å². The fourth-order valence-electron chi connectivity index (χ4n) is 5.97. The van der Waals surface area contributed by atoms with Crippen molar-refractivity contribution in [1.82, 2.24) is 4.90 Å². The van der Waals surface area contributed by atoms with Crippen molar-refractivity contribution in [2.75, 3.05) is 30.8 Å². The van der Waals surface area contributed by atoms with E-state index < -0.39 is 28.9 Å². The molecule has 0 spiro atoms. The van der Waals surface area contributed by atoms with Gasteiger partial charge in [-0.15, -0.1) is 0 Å². The van der Waals surface area contributed by atoms with E-state index in [-0.39, 0.29) is 18.9 Å². The van der Waals surface area contributed by atoms with E-state index in [0.29, 0.717) is 24.3 Å². The largest absolute Gasteiger partial charge is 0.453 e. The maximum absolute atomic E-state index is 14.1. The molecule has 2 aromatic rings. The van der Waals surface area contributed by atoms with E-state index in [2.05, 4.69) is 20.7 Å². The van der Waals surface area contributed by atoms with Crippen molar-refractivity contribution in [3.63, 3.8) is 0 Å². The predicted octanol–water partition coefficient (Wildman–Crippen LogP) is 3.88. The highest BCUT2D eigenvalue weighted by atomic mass is 19.1. The van der Waals surface area contributed by atoms with Crippen LogP contribution in [0.4, 0.5) is 20.6 Å². The predicted molar refractivity (Wildman–Crippen MR) is 115 cm³/mol. The smallest absolute Gasteiger partial charge is 0.411 e. The van der Waals surface area contributed by atoms with E-state index in [1.165, 1.54) is 19.2 Å². The number of ether oxygens (including phenoxy) is 1. The minimum absolute atomic E-state index is 0.0848. The fourth-order valence-corrected chi connectivity index (χ4v) is 5.97. The Kier molecular flexibility index (Phi) is 4.49. The van der Waals surface area contributed by atoms with Crippen LogP contribution in [0.1, 0.15) is 24.0 Å². The molecule has 0 aliphatic carbocycles. The van der Waals surface area contributed by atoms with E-state index in [9.17, 15) is 14.0 Å². The molecule has 3 heterocycles. The first kappa shape index (κ1) is 20.1. The van der Waals surface area contributed by atoms with Gasteiger partial charge in [-0.3, -0.25) is 9.69 Å². The van der Waals surface area contributed by atoms with Crippen LogP contribution in [-0.4, -0.2) is 43.3 Å². The Balaban J connectivity index is 1.80. The molecule has 10 heteroatoms. The number of nitrogens with zero attached hydrogens (tertiary/aromatic N) is 4. The Labute approximate surface area is 183 Å². The molecule has 1 saturated heterocycles. The summed E-state index contributed by atoms with van der Waals surface area (Å²) in [6.07, 6.45) is -0.510. The Morgan fingerprint density at radius 2 is 2.12 bits per heavy atom. The molecule has 9 nitrogen and oxygen atoms in total. The van der Waals surface area contributed by atoms with Gasteiger partial charge in [-0.25, -0.2) is 9.18 Å². The Morgan fingerprint density at radius 3 is 2.91 bits per heavy atom. The summed E-state index contributed by atoms with van der Waals surface area (Å²) in [6.45, 7) is 0.432. The van der Waals surface area contributed by atoms with Crippen molar-refractivity contribution in [3.8, 4) is 0 Å². The molecule has 2 aromatic carbocycles. The molecule has 164 valence electrons. The highest BCUT2D eigenvalue weighted by Crippen LogP contribution is 2.63. The first-order chi connectivity index (χ1) is 15.5. The second-order valence-corrected chi connectivity index (χ2v) is 8.23. The Hall–Kier alpha value is -3.78. The van der Waals surface area contributed by atoms with Crippen LogP contribution < -0.4 is 10.6 Å². The number of methoxy groups -OCH3 is 1. The molecule has 1 unspecified atom stereocenters. The molecule has 2 amide bonds. The van der Waals surface area contributed by atoms with E-state index in [4.69, 9.17) is 10.3 Å². The number of para-hydroxylation sites is 1. The van der Waals surface area contributed by atoms with Crippen molar-refractivity contribution in [2.45, 2.75) is 29.8 Å². The topological polar surface area (TPSA) is 119 Å². The molecule has 0 radical (unpaired) electrons. The second-order valence-electron chi connectivity index (χ2n) is 8.23. The number of fused-ring (bicyclic) bond motifs is 4. The number of carbonyl (C=O) groups is 2. The highest BCUT2D eigenvalue weighted by molar-refractivity contribution is 6.08. The molecule has 32 heavy (non-hydrogen) atoms. The van der Waals surface area contributed by atoms with Crippen LogP contribution in [0.3, 0.4) is 0 Å². The Morgan fingerprint density at radius 1 is 1.31 bits per heavy atom. The van der Waals surface area contributed by atoms with E-state index >= 15 is 0 Å². The number of anilines is 2. The lowest BCUT2D eigenvalue weighted by atomic mass is 9.55. The van der Waals surface area contributed by atoms with E-state index in [0.717, 1.165) is 11.1 Å². The van der Waals surface area contributed by atoms with Gasteiger partial charge >= 0.3 is 6.09 Å². The highest BCUT2D eigenvalue weighted by Gasteiger charge is 2.70. The van der Waals surface area contributed by atoms with Gasteiger partial charge in [0.05, 0.1) is 17.9 Å². The van der Waals surface area contributed by atoms with E-state index in [1.54, 1.807) is 11.0 Å². The zero-order chi connectivity index (χ0) is 22.5. The fraction of sp³-hybridized carbons (Fsp3) is 0.364. The van der Waals surface area contributed by atoms with Gasteiger partial charge in [-0.05, 0) is 47.7 Å². The SMILES string of the molecule is COC(=O)N1CCC2([C@@]3(CCN=[N+]=[N-])C(=O)Nc4ccccc43)c3ccc(F)cc3N[C@H]12. The number of hydrogen-bond acceptors (Lipinski definition) is 5. The van der Waals surface area contributed by atoms with Crippen molar-refractivity contribution < 1.29 is 18.7 Å². The van der Waals surface area contributed by atoms with Crippen LogP contribution in [0, 0.1) is 5.82 Å². The van der Waals surface area contributed by atoms with Gasteiger partial charge in [-0.1, -0.05) is 29.4 Å². The van der Waals surface area contributed by atoms with Crippen LogP contribution in [0.2, 0.25) is 0 Å². The summed E-state index contributed by atoms with van der Waals surface area (Å²) in [7, 11) is 1.30. The summed E-state index contributed by atoms with van der Waals surface area (Å²) in [5.41, 5.74) is 9.57. The maximum atomic E-state index is 14.1. The minimum atomic E-state index is -1.15. The average molecular weight is 436 g/mol. The minimum Gasteiger partial charge on any atom is -0.453 e. The molecule has 0 bridgehead atoms. The lowest BCUT2D eigenvalue weighted by Gasteiger charge is -2.46. The molecule has 0 saturated carbocycles. The quantitative estimate of drug-likeness (QED) is 0.429. The second kappa shape index (κ2) is 7.13. The summed E-state index contributed by atoms with van der Waals surface area (Å²) in [6, 6.07) is 11.8. The molecule has 0 aromatic heterocycles. The number of nitrogens with one attached hydrogen (secondary N) is 2. The van der Waals surface area contributed by atoms with Gasteiger partial charge in [0.2, 0.25) is 5.91 Å². The number of rotatable bonds is 4. The van der Waals surface area contributed by atoms with Crippen molar-refractivity contribution in [2.24, 2.45) is 5.11 Å². The zero-order valence-electron chi connectivity index (χ0n) is 17.3. The van der Waals surface area contributed by atoms with Crippen LogP contribution in [-0.2, 0) is 20.4 Å². The monoisotopic (exact) mass is 436 g/mol. The van der Waals surface area contributed by atoms with Crippen molar-refractivity contribution >= 4 is 23.4 Å². The van der Waals surface area contributed by atoms with Crippen LogP contribution in [0.25, 0.3) is 10.4 Å². The number of halogens is 1. The van der Waals surface area contributed by atoms with Crippen LogP contribution in [0.15, 0.2) is 47.6 Å². The van der Waals surface area contributed by atoms with Gasteiger partial charge in [0.15, 0.2) is 0 Å². The third kappa shape index (κ3) is 2.41. The first-order valence-corrected chi connectivity index (χ1v) is 10.3. The lowest BCUT2D eigenvalue weighted by Crippen LogP contribution is -2.60. The van der Waals surface area contributed by atoms with E-state index in [1.807, 2.05) is 24.3 Å². The van der Waals surface area contributed by atoms with Gasteiger partial charge in [0.1, 0.15) is 12.0 Å². The molecule has 2 N–H and O–H groups in total. The number of azide groups is 1. The Bertz CT molecular complexity index is 1180. The number of benzene rings is 2. The molecule has 5 rings (SSSR count). The lowest BCUT2D eigenvalue weighted by molar-refractivity contribution is -0.124. The summed E-state index contributed by atoms with van der Waals surface area (Å²) in [5, 5.41) is 10.0. The molecular weight excluding hydrogens is 415 g/mol. The van der Waals surface area contributed by atoms with Gasteiger partial charge in [0.25, 0.3) is 0 Å². The number of carbonyl (C=O) groups excluding carboxylic acids is 2. The van der Waals surface area contributed by atoms with Crippen LogP contribution in [0.5, 0.6) is 0 Å². The number of amides is 2. The molecule has 3 aliphatic rings. The van der Waals surface area contributed by atoms with Gasteiger partial charge in [-0.2, -0.15) is 0 Å². The van der Waals surface area contributed by atoms with Crippen LogP contribution >= 0.6 is 0 Å². The molecule has 1 fully saturated rings. The normalized spacial score (nSPS) is 27.0. The standard InChI is InChI=1S/C22H21FN6O3/c1-32-20(31)29-11-9-21(15-7-6-13(23)12-17(15)26-18(21)29)22(8-10-25-28-24)14-4-2-3-5-16(14)27-19(22)30/h2-7,12,18,26H,8-11H2,1H3,(H,27,30)/t18-,21?,22-/m1/s1. The molecule has 3 atom stereocenters. The van der Waals surface area contributed by atoms with Crippen molar-refractivity contribution in [1.29, 1.82) is 0 Å². The maximum Gasteiger partial charge on any atom is 0.411 e.